The fourth-order valence-electron chi connectivity index (χ4n) is 2.48. The fourth-order valence-corrected chi connectivity index (χ4v) is 3.14. The van der Waals surface area contributed by atoms with E-state index in [4.69, 9.17) is 4.42 Å². The van der Waals surface area contributed by atoms with E-state index in [0.29, 0.717) is 12.3 Å². The number of aromatic nitrogens is 2. The number of thioether (sulfide) groups is 1. The van der Waals surface area contributed by atoms with Gasteiger partial charge in [-0.15, -0.1) is 16.9 Å². The predicted octanol–water partition coefficient (Wildman–Crippen LogP) is 4.26. The lowest BCUT2D eigenvalue weighted by Gasteiger charge is -2.02. The second-order valence-corrected chi connectivity index (χ2v) is 7.30. The Hall–Kier alpha value is -2.60. The second kappa shape index (κ2) is 8.67. The summed E-state index contributed by atoms with van der Waals surface area (Å²) in [5.74, 6) is 1.35. The number of rotatable bonds is 7. The molecule has 1 N–H and O–H groups in total. The van der Waals surface area contributed by atoms with E-state index in [1.807, 2.05) is 31.2 Å². The van der Waals surface area contributed by atoms with Crippen molar-refractivity contribution < 1.29 is 9.21 Å². The van der Waals surface area contributed by atoms with Gasteiger partial charge in [0.1, 0.15) is 0 Å². The van der Waals surface area contributed by atoms with Crippen LogP contribution in [-0.2, 0) is 17.6 Å². The molecule has 0 aliphatic carbocycles. The summed E-state index contributed by atoms with van der Waals surface area (Å²) >= 11 is 1.80. The molecule has 0 radical (unpaired) electrons. The van der Waals surface area contributed by atoms with Crippen molar-refractivity contribution >= 4 is 23.7 Å². The highest BCUT2D eigenvalue weighted by atomic mass is 32.2. The maximum atomic E-state index is 12.1. The van der Waals surface area contributed by atoms with Crippen LogP contribution in [0.15, 0.2) is 57.8 Å². The number of aryl methyl sites for hydroxylation is 1. The van der Waals surface area contributed by atoms with Gasteiger partial charge in [0.05, 0.1) is 12.8 Å². The van der Waals surface area contributed by atoms with Crippen LogP contribution in [0.1, 0.15) is 29.5 Å². The van der Waals surface area contributed by atoms with Crippen LogP contribution in [0.4, 0.5) is 6.01 Å². The van der Waals surface area contributed by atoms with Crippen molar-refractivity contribution in [2.24, 2.45) is 0 Å². The first-order chi connectivity index (χ1) is 12.6. The summed E-state index contributed by atoms with van der Waals surface area (Å²) in [4.78, 5) is 13.3. The summed E-state index contributed by atoms with van der Waals surface area (Å²) in [6, 6.07) is 16.3. The highest BCUT2D eigenvalue weighted by Crippen LogP contribution is 2.19. The van der Waals surface area contributed by atoms with Crippen molar-refractivity contribution in [1.82, 2.24) is 10.2 Å². The Labute approximate surface area is 157 Å². The van der Waals surface area contributed by atoms with Crippen LogP contribution in [0.3, 0.4) is 0 Å². The topological polar surface area (TPSA) is 68.0 Å². The highest BCUT2D eigenvalue weighted by Gasteiger charge is 2.11. The average Bonchev–Trinajstić information content (AvgIpc) is 3.05. The van der Waals surface area contributed by atoms with Crippen molar-refractivity contribution in [2.75, 3.05) is 11.1 Å². The Morgan fingerprint density at radius 3 is 2.42 bits per heavy atom. The SMILES string of the molecule is CCSc1ccc(Cc2nnc(NC(=O)Cc3ccc(C)cc3)o2)cc1. The summed E-state index contributed by atoms with van der Waals surface area (Å²) < 4.78 is 5.53. The quantitative estimate of drug-likeness (QED) is 0.632. The molecule has 0 bridgehead atoms. The Morgan fingerprint density at radius 2 is 1.73 bits per heavy atom. The summed E-state index contributed by atoms with van der Waals surface area (Å²) in [5.41, 5.74) is 3.20. The summed E-state index contributed by atoms with van der Waals surface area (Å²) in [6.07, 6.45) is 0.812. The molecule has 26 heavy (non-hydrogen) atoms. The van der Waals surface area contributed by atoms with Gasteiger partial charge in [0.2, 0.25) is 11.8 Å². The Kier molecular flexibility index (Phi) is 6.07. The molecular weight excluding hydrogens is 346 g/mol. The zero-order valence-corrected chi connectivity index (χ0v) is 15.7. The van der Waals surface area contributed by atoms with Crippen LogP contribution < -0.4 is 5.32 Å². The Morgan fingerprint density at radius 1 is 1.04 bits per heavy atom. The lowest BCUT2D eigenvalue weighted by molar-refractivity contribution is -0.115. The molecule has 1 aromatic heterocycles. The number of benzene rings is 2. The van der Waals surface area contributed by atoms with Gasteiger partial charge in [0, 0.05) is 4.90 Å². The van der Waals surface area contributed by atoms with Gasteiger partial charge in [0.15, 0.2) is 0 Å². The number of anilines is 1. The average molecular weight is 367 g/mol. The molecule has 3 aromatic rings. The summed E-state index contributed by atoms with van der Waals surface area (Å²) in [6.45, 7) is 4.14. The van der Waals surface area contributed by atoms with Gasteiger partial charge in [-0.1, -0.05) is 54.0 Å². The van der Waals surface area contributed by atoms with Crippen molar-refractivity contribution in [2.45, 2.75) is 31.6 Å². The van der Waals surface area contributed by atoms with Crippen LogP contribution in [-0.4, -0.2) is 21.9 Å². The minimum Gasteiger partial charge on any atom is -0.407 e. The number of nitrogens with one attached hydrogen (secondary N) is 1. The van der Waals surface area contributed by atoms with Crippen molar-refractivity contribution in [3.8, 4) is 0 Å². The maximum absolute atomic E-state index is 12.1. The molecule has 1 heterocycles. The van der Waals surface area contributed by atoms with Gasteiger partial charge in [-0.3, -0.25) is 10.1 Å². The first-order valence-electron chi connectivity index (χ1n) is 8.52. The fraction of sp³-hybridized carbons (Fsp3) is 0.250. The van der Waals surface area contributed by atoms with Gasteiger partial charge in [0.25, 0.3) is 0 Å². The third-order valence-corrected chi connectivity index (χ3v) is 4.68. The van der Waals surface area contributed by atoms with Gasteiger partial charge < -0.3 is 4.42 Å². The third-order valence-electron chi connectivity index (χ3n) is 3.79. The first-order valence-corrected chi connectivity index (χ1v) is 9.50. The highest BCUT2D eigenvalue weighted by molar-refractivity contribution is 7.99. The molecule has 3 rings (SSSR count). The Balaban J connectivity index is 1.55. The maximum Gasteiger partial charge on any atom is 0.322 e. The van der Waals surface area contributed by atoms with Crippen LogP contribution in [0.2, 0.25) is 0 Å². The van der Waals surface area contributed by atoms with Crippen LogP contribution >= 0.6 is 11.8 Å². The van der Waals surface area contributed by atoms with E-state index in [1.165, 1.54) is 4.90 Å². The molecule has 0 spiro atoms. The molecule has 6 heteroatoms. The van der Waals surface area contributed by atoms with E-state index in [0.717, 1.165) is 22.4 Å². The molecule has 0 fully saturated rings. The second-order valence-electron chi connectivity index (χ2n) is 5.97. The number of nitrogens with zero attached hydrogens (tertiary/aromatic N) is 2. The lowest BCUT2D eigenvalue weighted by Crippen LogP contribution is -2.14. The van der Waals surface area contributed by atoms with Crippen molar-refractivity contribution in [3.63, 3.8) is 0 Å². The third kappa shape index (κ3) is 5.20. The van der Waals surface area contributed by atoms with E-state index < -0.39 is 0 Å². The molecule has 1 amide bonds. The zero-order valence-electron chi connectivity index (χ0n) is 14.9. The van der Waals surface area contributed by atoms with E-state index in [2.05, 4.69) is 46.7 Å². The molecule has 0 aliphatic rings. The first kappa shape index (κ1) is 18.2. The van der Waals surface area contributed by atoms with Crippen molar-refractivity contribution in [1.29, 1.82) is 0 Å². The summed E-state index contributed by atoms with van der Waals surface area (Å²) in [5, 5.41) is 10.6. The smallest absolute Gasteiger partial charge is 0.322 e. The van der Waals surface area contributed by atoms with Gasteiger partial charge >= 0.3 is 6.01 Å². The van der Waals surface area contributed by atoms with Crippen LogP contribution in [0.25, 0.3) is 0 Å². The number of hydrogen-bond acceptors (Lipinski definition) is 5. The molecular formula is C20H21N3O2S. The molecule has 0 atom stereocenters. The van der Waals surface area contributed by atoms with Gasteiger partial charge in [-0.25, -0.2) is 0 Å². The van der Waals surface area contributed by atoms with E-state index in [-0.39, 0.29) is 18.3 Å². The minimum atomic E-state index is -0.176. The molecule has 134 valence electrons. The van der Waals surface area contributed by atoms with E-state index >= 15 is 0 Å². The van der Waals surface area contributed by atoms with Gasteiger partial charge in [-0.05, 0) is 35.9 Å². The molecule has 2 aromatic carbocycles. The molecule has 0 aliphatic heterocycles. The minimum absolute atomic E-state index is 0.135. The normalized spacial score (nSPS) is 10.7. The standard InChI is InChI=1S/C20H21N3O2S/c1-3-26-17-10-8-16(9-11-17)13-19-22-23-20(25-19)21-18(24)12-15-6-4-14(2)5-7-15/h4-11H,3,12-13H2,1-2H3,(H,21,23,24). The van der Waals surface area contributed by atoms with E-state index in [1.54, 1.807) is 11.8 Å². The molecule has 0 saturated heterocycles. The van der Waals surface area contributed by atoms with Crippen LogP contribution in [0, 0.1) is 6.92 Å². The zero-order chi connectivity index (χ0) is 18.4. The largest absolute Gasteiger partial charge is 0.407 e. The number of carbonyl (C=O) groups is 1. The number of carbonyl (C=O) groups excluding carboxylic acids is 1. The molecule has 0 saturated carbocycles. The van der Waals surface area contributed by atoms with Crippen LogP contribution in [0.5, 0.6) is 0 Å². The van der Waals surface area contributed by atoms with E-state index in [9.17, 15) is 4.79 Å². The van der Waals surface area contributed by atoms with Crippen molar-refractivity contribution in [3.05, 3.63) is 71.1 Å². The molecule has 5 nitrogen and oxygen atoms in total. The monoisotopic (exact) mass is 367 g/mol. The summed E-state index contributed by atoms with van der Waals surface area (Å²) in [7, 11) is 0. The lowest BCUT2D eigenvalue weighted by atomic mass is 10.1. The predicted molar refractivity (Wildman–Crippen MR) is 103 cm³/mol. The Bertz CT molecular complexity index is 858. The van der Waals surface area contributed by atoms with Gasteiger partial charge in [-0.2, -0.15) is 0 Å². The molecule has 0 unspecified atom stereocenters. The number of amides is 1. The number of hydrogen-bond donors (Lipinski definition) is 1.